The van der Waals surface area contributed by atoms with E-state index in [4.69, 9.17) is 9.26 Å². The summed E-state index contributed by atoms with van der Waals surface area (Å²) < 4.78 is 15.0. The maximum Gasteiger partial charge on any atom is 0.306 e. The summed E-state index contributed by atoms with van der Waals surface area (Å²) in [6.07, 6.45) is 0.595. The molecule has 0 atom stereocenters. The number of carbonyl (C=O) groups excluding carboxylic acids is 1. The van der Waals surface area contributed by atoms with Crippen molar-refractivity contribution in [3.63, 3.8) is 0 Å². The highest BCUT2D eigenvalue weighted by atomic mass is 16.5. The van der Waals surface area contributed by atoms with Gasteiger partial charge in [0.2, 0.25) is 11.7 Å². The molecule has 0 aliphatic heterocycles. The second kappa shape index (κ2) is 6.70. The van der Waals surface area contributed by atoms with E-state index in [1.165, 1.54) is 7.11 Å². The molecule has 2 aromatic rings. The molecule has 2 rings (SSSR count). The monoisotopic (exact) mass is 276 g/mol. The molecule has 20 heavy (non-hydrogen) atoms. The topological polar surface area (TPSA) is 74.5 Å². The van der Waals surface area contributed by atoms with Gasteiger partial charge in [-0.15, -0.1) is 0 Å². The van der Waals surface area contributed by atoms with E-state index >= 15 is 0 Å². The molecule has 1 aromatic heterocycles. The number of methoxy groups -OCH3 is 1. The van der Waals surface area contributed by atoms with E-state index in [2.05, 4.69) is 14.9 Å². The molecule has 6 heteroatoms. The van der Waals surface area contributed by atoms with Crippen molar-refractivity contribution in [2.24, 2.45) is 0 Å². The zero-order valence-electron chi connectivity index (χ0n) is 11.5. The molecule has 0 aliphatic carbocycles. The summed E-state index contributed by atoms with van der Waals surface area (Å²) >= 11 is 0. The van der Waals surface area contributed by atoms with Gasteiger partial charge in [0.05, 0.1) is 20.1 Å². The Hall–Kier alpha value is -2.37. The lowest BCUT2D eigenvalue weighted by molar-refractivity contribution is -0.140. The molecule has 0 bridgehead atoms. The molecule has 0 unspecified atom stereocenters. The summed E-state index contributed by atoms with van der Waals surface area (Å²) in [6.45, 7) is 2.56. The van der Waals surface area contributed by atoms with Crippen LogP contribution in [0.4, 0.5) is 0 Å². The summed E-state index contributed by atoms with van der Waals surface area (Å²) in [5, 5.41) is 3.89. The SMILES string of the molecule is CCOc1ccc(-c2noc(CCC(=O)OC)n2)cc1. The van der Waals surface area contributed by atoms with Gasteiger partial charge in [0, 0.05) is 12.0 Å². The van der Waals surface area contributed by atoms with E-state index in [1.807, 2.05) is 31.2 Å². The summed E-state index contributed by atoms with van der Waals surface area (Å²) in [5.74, 6) is 1.41. The fourth-order valence-corrected chi connectivity index (χ4v) is 1.65. The average molecular weight is 276 g/mol. The molecule has 0 saturated carbocycles. The van der Waals surface area contributed by atoms with Crippen LogP contribution in [-0.2, 0) is 16.0 Å². The van der Waals surface area contributed by atoms with Gasteiger partial charge in [0.15, 0.2) is 0 Å². The van der Waals surface area contributed by atoms with Crippen LogP contribution in [0.2, 0.25) is 0 Å². The first-order valence-electron chi connectivity index (χ1n) is 6.35. The van der Waals surface area contributed by atoms with E-state index in [9.17, 15) is 4.79 Å². The third kappa shape index (κ3) is 3.57. The lowest BCUT2D eigenvalue weighted by Gasteiger charge is -2.02. The van der Waals surface area contributed by atoms with Crippen molar-refractivity contribution < 1.29 is 18.8 Å². The van der Waals surface area contributed by atoms with Crippen molar-refractivity contribution in [1.82, 2.24) is 10.1 Å². The molecule has 1 aromatic carbocycles. The lowest BCUT2D eigenvalue weighted by atomic mass is 10.2. The van der Waals surface area contributed by atoms with Gasteiger partial charge in [-0.3, -0.25) is 4.79 Å². The highest BCUT2D eigenvalue weighted by molar-refractivity contribution is 5.69. The second-order valence-electron chi connectivity index (χ2n) is 4.05. The van der Waals surface area contributed by atoms with Gasteiger partial charge >= 0.3 is 5.97 Å². The predicted molar refractivity (Wildman–Crippen MR) is 71.2 cm³/mol. The third-order valence-electron chi connectivity index (χ3n) is 2.66. The van der Waals surface area contributed by atoms with Crippen LogP contribution in [0.25, 0.3) is 11.4 Å². The van der Waals surface area contributed by atoms with Gasteiger partial charge in [0.25, 0.3) is 0 Å². The number of aryl methyl sites for hydroxylation is 1. The largest absolute Gasteiger partial charge is 0.494 e. The first kappa shape index (κ1) is 14.0. The molecule has 1 heterocycles. The van der Waals surface area contributed by atoms with Crippen molar-refractivity contribution in [3.8, 4) is 17.1 Å². The van der Waals surface area contributed by atoms with Gasteiger partial charge in [-0.2, -0.15) is 4.98 Å². The van der Waals surface area contributed by atoms with Crippen LogP contribution in [0, 0.1) is 0 Å². The van der Waals surface area contributed by atoms with Crippen molar-refractivity contribution >= 4 is 5.97 Å². The maximum absolute atomic E-state index is 11.0. The minimum atomic E-state index is -0.300. The van der Waals surface area contributed by atoms with Crippen molar-refractivity contribution in [2.75, 3.05) is 13.7 Å². The van der Waals surface area contributed by atoms with Crippen LogP contribution in [0.3, 0.4) is 0 Å². The van der Waals surface area contributed by atoms with E-state index < -0.39 is 0 Å². The van der Waals surface area contributed by atoms with Crippen molar-refractivity contribution in [1.29, 1.82) is 0 Å². The van der Waals surface area contributed by atoms with Crippen LogP contribution in [0.1, 0.15) is 19.2 Å². The van der Waals surface area contributed by atoms with Gasteiger partial charge in [-0.05, 0) is 31.2 Å². The Labute approximate surface area is 116 Å². The summed E-state index contributed by atoms with van der Waals surface area (Å²) in [6, 6.07) is 7.42. The molecule has 0 N–H and O–H groups in total. The number of esters is 1. The Morgan fingerprint density at radius 1 is 1.30 bits per heavy atom. The minimum Gasteiger partial charge on any atom is -0.494 e. The Morgan fingerprint density at radius 2 is 2.05 bits per heavy atom. The fraction of sp³-hybridized carbons (Fsp3) is 0.357. The smallest absolute Gasteiger partial charge is 0.306 e. The number of carbonyl (C=O) groups is 1. The molecule has 0 spiro atoms. The van der Waals surface area contributed by atoms with E-state index in [-0.39, 0.29) is 12.4 Å². The molecular formula is C14H16N2O4. The number of hydrogen-bond acceptors (Lipinski definition) is 6. The lowest BCUT2D eigenvalue weighted by Crippen LogP contribution is -2.01. The number of benzene rings is 1. The van der Waals surface area contributed by atoms with Crippen molar-refractivity contribution in [3.05, 3.63) is 30.2 Å². The minimum absolute atomic E-state index is 0.224. The number of aromatic nitrogens is 2. The normalized spacial score (nSPS) is 10.3. The van der Waals surface area contributed by atoms with Crippen LogP contribution >= 0.6 is 0 Å². The summed E-state index contributed by atoms with van der Waals surface area (Å²) in [7, 11) is 1.35. The second-order valence-corrected chi connectivity index (χ2v) is 4.05. The van der Waals surface area contributed by atoms with Gasteiger partial charge in [-0.1, -0.05) is 5.16 Å². The van der Waals surface area contributed by atoms with Crippen LogP contribution in [0.5, 0.6) is 5.75 Å². The molecular weight excluding hydrogens is 260 g/mol. The molecule has 0 aliphatic rings. The zero-order valence-corrected chi connectivity index (χ0v) is 11.5. The van der Waals surface area contributed by atoms with E-state index in [1.54, 1.807) is 0 Å². The van der Waals surface area contributed by atoms with E-state index in [0.29, 0.717) is 24.7 Å². The van der Waals surface area contributed by atoms with Crippen LogP contribution < -0.4 is 4.74 Å². The summed E-state index contributed by atoms with van der Waals surface area (Å²) in [4.78, 5) is 15.3. The molecule has 0 saturated heterocycles. The van der Waals surface area contributed by atoms with Crippen molar-refractivity contribution in [2.45, 2.75) is 19.8 Å². The van der Waals surface area contributed by atoms with Gasteiger partial charge in [0.1, 0.15) is 5.75 Å². The average Bonchev–Trinajstić information content (AvgIpc) is 2.95. The first-order chi connectivity index (χ1) is 9.72. The summed E-state index contributed by atoms with van der Waals surface area (Å²) in [5.41, 5.74) is 0.835. The third-order valence-corrected chi connectivity index (χ3v) is 2.66. The van der Waals surface area contributed by atoms with Gasteiger partial charge < -0.3 is 14.0 Å². The highest BCUT2D eigenvalue weighted by Gasteiger charge is 2.10. The van der Waals surface area contributed by atoms with Gasteiger partial charge in [-0.25, -0.2) is 0 Å². The molecule has 106 valence electrons. The van der Waals surface area contributed by atoms with Crippen LogP contribution in [0.15, 0.2) is 28.8 Å². The maximum atomic E-state index is 11.0. The number of nitrogens with zero attached hydrogens (tertiary/aromatic N) is 2. The molecule has 0 fully saturated rings. The highest BCUT2D eigenvalue weighted by Crippen LogP contribution is 2.20. The Morgan fingerprint density at radius 3 is 2.70 bits per heavy atom. The zero-order chi connectivity index (χ0) is 14.4. The quantitative estimate of drug-likeness (QED) is 0.753. The van der Waals surface area contributed by atoms with E-state index in [0.717, 1.165) is 11.3 Å². The number of hydrogen-bond donors (Lipinski definition) is 0. The molecule has 0 radical (unpaired) electrons. The fourth-order valence-electron chi connectivity index (χ4n) is 1.65. The first-order valence-corrected chi connectivity index (χ1v) is 6.35. The Balaban J connectivity index is 2.02. The standard InChI is InChI=1S/C14H16N2O4/c1-3-19-11-6-4-10(5-7-11)14-15-12(20-16-14)8-9-13(17)18-2/h4-7H,3,8-9H2,1-2H3. The van der Waals surface area contributed by atoms with Crippen LogP contribution in [-0.4, -0.2) is 29.8 Å². The molecule has 6 nitrogen and oxygen atoms in total. The number of rotatable bonds is 6. The molecule has 0 amide bonds. The predicted octanol–water partition coefficient (Wildman–Crippen LogP) is 2.24. The Bertz CT molecular complexity index is 563. The Kier molecular flexibility index (Phi) is 4.70. The number of ether oxygens (including phenoxy) is 2.